The van der Waals surface area contributed by atoms with E-state index in [1.807, 2.05) is 24.3 Å². The van der Waals surface area contributed by atoms with E-state index in [9.17, 15) is 4.21 Å². The molecule has 1 aromatic carbocycles. The van der Waals surface area contributed by atoms with Gasteiger partial charge in [0.05, 0.1) is 11.9 Å². The maximum atomic E-state index is 12.0. The number of fused-ring (bicyclic) bond motifs is 1. The molecule has 0 aliphatic carbocycles. The van der Waals surface area contributed by atoms with Crippen LogP contribution in [-0.4, -0.2) is 45.5 Å². The average molecular weight is 357 g/mol. The van der Waals surface area contributed by atoms with E-state index >= 15 is 0 Å². The number of nitrogens with one attached hydrogen (secondary N) is 1. The minimum absolute atomic E-state index is 0.222. The number of hydrogen-bond acceptors (Lipinski definition) is 5. The summed E-state index contributed by atoms with van der Waals surface area (Å²) >= 11 is 0. The Morgan fingerprint density at radius 3 is 2.64 bits per heavy atom. The summed E-state index contributed by atoms with van der Waals surface area (Å²) in [6, 6.07) is 7.50. The van der Waals surface area contributed by atoms with Crippen molar-refractivity contribution in [2.24, 2.45) is 5.92 Å². The van der Waals surface area contributed by atoms with Crippen molar-refractivity contribution in [1.82, 2.24) is 15.3 Å². The smallest absolute Gasteiger partial charge is 0.159 e. The molecule has 0 radical (unpaired) electrons. The van der Waals surface area contributed by atoms with E-state index in [2.05, 4.69) is 16.2 Å². The molecule has 0 spiro atoms. The zero-order chi connectivity index (χ0) is 17.4. The third-order valence-electron chi connectivity index (χ3n) is 5.02. The number of ether oxygens (including phenoxy) is 1. The molecule has 1 saturated heterocycles. The van der Waals surface area contributed by atoms with Crippen LogP contribution < -0.4 is 10.1 Å². The molecule has 0 bridgehead atoms. The Bertz CT molecular complexity index is 872. The number of rotatable bonds is 3. The van der Waals surface area contributed by atoms with Crippen LogP contribution in [0.5, 0.6) is 5.75 Å². The number of benzene rings is 1. The molecule has 3 heterocycles. The molecule has 2 aliphatic heterocycles. The van der Waals surface area contributed by atoms with E-state index in [-0.39, 0.29) is 6.10 Å². The predicted octanol–water partition coefficient (Wildman–Crippen LogP) is 2.15. The Hall–Kier alpha value is -1.92. The zero-order valence-electron chi connectivity index (χ0n) is 14.4. The van der Waals surface area contributed by atoms with Crippen LogP contribution in [0.15, 0.2) is 35.4 Å². The van der Waals surface area contributed by atoms with Crippen molar-refractivity contribution in [2.45, 2.75) is 30.3 Å². The van der Waals surface area contributed by atoms with Gasteiger partial charge in [-0.1, -0.05) is 12.1 Å². The molecule has 5 nitrogen and oxygen atoms in total. The number of hydrogen-bond donors (Lipinski definition) is 1. The third kappa shape index (κ3) is 3.41. The Morgan fingerprint density at radius 2 is 1.96 bits per heavy atom. The lowest BCUT2D eigenvalue weighted by Crippen LogP contribution is -2.36. The van der Waals surface area contributed by atoms with E-state index < -0.39 is 9.52 Å². The molecular weight excluding hydrogens is 334 g/mol. The Kier molecular flexibility index (Phi) is 4.25. The second-order valence-electron chi connectivity index (χ2n) is 6.98. The summed E-state index contributed by atoms with van der Waals surface area (Å²) in [5.74, 6) is 5.81. The predicted molar refractivity (Wildman–Crippen MR) is 101 cm³/mol. The van der Waals surface area contributed by atoms with Crippen LogP contribution in [0.3, 0.4) is 0 Å². The van der Waals surface area contributed by atoms with Crippen molar-refractivity contribution in [3.63, 3.8) is 0 Å². The van der Waals surface area contributed by atoms with Gasteiger partial charge in [0.2, 0.25) is 0 Å². The SMILES string of the molecule is C=S(C)(=O)c1ccc(-c2ncc3c(n2)CC(C2CCNCC2)O3)cc1. The van der Waals surface area contributed by atoms with Crippen LogP contribution in [0.2, 0.25) is 0 Å². The Labute approximate surface area is 148 Å². The highest BCUT2D eigenvalue weighted by Gasteiger charge is 2.32. The van der Waals surface area contributed by atoms with Crippen molar-refractivity contribution >= 4 is 15.4 Å². The van der Waals surface area contributed by atoms with Gasteiger partial charge in [0.15, 0.2) is 11.6 Å². The van der Waals surface area contributed by atoms with E-state index in [0.29, 0.717) is 11.7 Å². The molecule has 1 aromatic heterocycles. The molecule has 1 fully saturated rings. The summed E-state index contributed by atoms with van der Waals surface area (Å²) < 4.78 is 18.1. The molecule has 1 N–H and O–H groups in total. The average Bonchev–Trinajstić information content (AvgIpc) is 3.05. The van der Waals surface area contributed by atoms with Gasteiger partial charge in [-0.15, -0.1) is 0 Å². The molecule has 2 unspecified atom stereocenters. The zero-order valence-corrected chi connectivity index (χ0v) is 15.2. The number of piperidine rings is 1. The fraction of sp³-hybridized carbons (Fsp3) is 0.421. The molecule has 0 amide bonds. The van der Waals surface area contributed by atoms with Gasteiger partial charge in [-0.2, -0.15) is 0 Å². The second-order valence-corrected chi connectivity index (χ2v) is 9.46. The summed E-state index contributed by atoms with van der Waals surface area (Å²) in [6.45, 7) is 2.13. The topological polar surface area (TPSA) is 64.1 Å². The van der Waals surface area contributed by atoms with Crippen molar-refractivity contribution in [2.75, 3.05) is 19.3 Å². The van der Waals surface area contributed by atoms with Crippen LogP contribution in [0.25, 0.3) is 11.4 Å². The molecule has 6 heteroatoms. The normalized spacial score (nSPS) is 22.8. The standard InChI is InChI=1S/C19H23N3O2S/c1-25(2,23)15-5-3-14(4-6-15)19-21-12-18-16(22-19)11-17(24-18)13-7-9-20-10-8-13/h3-6,12-13,17,20H,1,7-11H2,2H3. The summed E-state index contributed by atoms with van der Waals surface area (Å²) in [7, 11) is -2.20. The minimum atomic E-state index is -2.20. The van der Waals surface area contributed by atoms with Crippen molar-refractivity contribution in [3.8, 4) is 17.1 Å². The van der Waals surface area contributed by atoms with Gasteiger partial charge in [0, 0.05) is 23.1 Å². The first-order chi connectivity index (χ1) is 12.0. The van der Waals surface area contributed by atoms with E-state index in [1.54, 1.807) is 12.5 Å². The van der Waals surface area contributed by atoms with Gasteiger partial charge in [-0.05, 0) is 59.4 Å². The van der Waals surface area contributed by atoms with E-state index in [1.165, 1.54) is 0 Å². The fourth-order valence-electron chi connectivity index (χ4n) is 3.56. The monoisotopic (exact) mass is 357 g/mol. The van der Waals surface area contributed by atoms with Crippen molar-refractivity contribution in [1.29, 1.82) is 0 Å². The van der Waals surface area contributed by atoms with Gasteiger partial charge >= 0.3 is 0 Å². The highest BCUT2D eigenvalue weighted by molar-refractivity contribution is 7.99. The third-order valence-corrected chi connectivity index (χ3v) is 6.29. The van der Waals surface area contributed by atoms with Crippen LogP contribution in [0, 0.1) is 5.92 Å². The lowest BCUT2D eigenvalue weighted by Gasteiger charge is -2.27. The molecule has 2 aliphatic rings. The highest BCUT2D eigenvalue weighted by atomic mass is 32.2. The van der Waals surface area contributed by atoms with Crippen LogP contribution in [0.1, 0.15) is 18.5 Å². The lowest BCUT2D eigenvalue weighted by atomic mass is 9.90. The number of aromatic nitrogens is 2. The summed E-state index contributed by atoms with van der Waals surface area (Å²) in [5.41, 5.74) is 1.91. The number of nitrogens with zero attached hydrogens (tertiary/aromatic N) is 2. The van der Waals surface area contributed by atoms with E-state index in [4.69, 9.17) is 9.72 Å². The maximum absolute atomic E-state index is 12.0. The molecule has 25 heavy (non-hydrogen) atoms. The highest BCUT2D eigenvalue weighted by Crippen LogP contribution is 2.34. The first kappa shape index (κ1) is 16.5. The van der Waals surface area contributed by atoms with E-state index in [0.717, 1.165) is 54.3 Å². The summed E-state index contributed by atoms with van der Waals surface area (Å²) in [5, 5.41) is 3.40. The molecule has 2 atom stereocenters. The van der Waals surface area contributed by atoms with Crippen molar-refractivity contribution < 1.29 is 8.95 Å². The summed E-state index contributed by atoms with van der Waals surface area (Å²) in [6.07, 6.45) is 6.82. The summed E-state index contributed by atoms with van der Waals surface area (Å²) in [4.78, 5) is 9.92. The molecule has 4 rings (SSSR count). The van der Waals surface area contributed by atoms with Crippen LogP contribution >= 0.6 is 0 Å². The minimum Gasteiger partial charge on any atom is -0.486 e. The van der Waals surface area contributed by atoms with Gasteiger partial charge in [0.25, 0.3) is 0 Å². The second kappa shape index (κ2) is 6.42. The quantitative estimate of drug-likeness (QED) is 0.853. The lowest BCUT2D eigenvalue weighted by molar-refractivity contribution is 0.133. The van der Waals surface area contributed by atoms with Gasteiger partial charge < -0.3 is 10.1 Å². The molecule has 132 valence electrons. The van der Waals surface area contributed by atoms with Crippen LogP contribution in [-0.2, 0) is 15.9 Å². The molecule has 2 aromatic rings. The Balaban J connectivity index is 1.55. The molecule has 0 saturated carbocycles. The molecular formula is C19H23N3O2S. The van der Waals surface area contributed by atoms with Crippen LogP contribution in [0.4, 0.5) is 0 Å². The van der Waals surface area contributed by atoms with Gasteiger partial charge in [0.1, 0.15) is 6.10 Å². The van der Waals surface area contributed by atoms with Crippen molar-refractivity contribution in [3.05, 3.63) is 36.2 Å². The first-order valence-corrected chi connectivity index (χ1v) is 10.8. The first-order valence-electron chi connectivity index (χ1n) is 8.67. The largest absolute Gasteiger partial charge is 0.486 e. The van der Waals surface area contributed by atoms with Gasteiger partial charge in [-0.25, -0.2) is 9.97 Å². The van der Waals surface area contributed by atoms with Gasteiger partial charge in [-0.3, -0.25) is 4.21 Å². The fourth-order valence-corrected chi connectivity index (χ4v) is 4.27. The maximum Gasteiger partial charge on any atom is 0.159 e. The Morgan fingerprint density at radius 1 is 1.24 bits per heavy atom.